The first-order chi connectivity index (χ1) is 9.58. The smallest absolute Gasteiger partial charge is 0.269 e. The first-order valence-corrected chi connectivity index (χ1v) is 6.16. The second kappa shape index (κ2) is 5.96. The number of anilines is 1. The standard InChI is InChI=1S/C13H14N4O3/c1-2-11-15-12(7-13(18)16-11)14-8-9-4-3-5-10(6-9)17(19)20/h3-7H,2,8H2,1H3,(H2,14,15,16,18). The summed E-state index contributed by atoms with van der Waals surface area (Å²) in [6, 6.07) is 7.67. The van der Waals surface area contributed by atoms with E-state index in [-0.39, 0.29) is 11.2 Å². The minimum atomic E-state index is -0.440. The first kappa shape index (κ1) is 13.7. The Morgan fingerprint density at radius 2 is 2.20 bits per heavy atom. The minimum Gasteiger partial charge on any atom is -0.366 e. The van der Waals surface area contributed by atoms with Crippen molar-refractivity contribution in [3.05, 3.63) is 62.2 Å². The van der Waals surface area contributed by atoms with Crippen LogP contribution in [0.2, 0.25) is 0 Å². The van der Waals surface area contributed by atoms with Gasteiger partial charge in [0.1, 0.15) is 11.6 Å². The zero-order chi connectivity index (χ0) is 14.5. The Morgan fingerprint density at radius 1 is 1.40 bits per heavy atom. The molecule has 0 bridgehead atoms. The minimum absolute atomic E-state index is 0.0393. The van der Waals surface area contributed by atoms with E-state index < -0.39 is 4.92 Å². The van der Waals surface area contributed by atoms with Gasteiger partial charge in [-0.05, 0) is 5.56 Å². The van der Waals surface area contributed by atoms with Gasteiger partial charge in [0.15, 0.2) is 0 Å². The predicted molar refractivity (Wildman–Crippen MR) is 74.7 cm³/mol. The van der Waals surface area contributed by atoms with Crippen LogP contribution in [-0.4, -0.2) is 14.9 Å². The SMILES string of the molecule is CCc1nc(NCc2cccc([N+](=O)[O-])c2)cc(=O)[nH]1. The van der Waals surface area contributed by atoms with Gasteiger partial charge < -0.3 is 10.3 Å². The van der Waals surface area contributed by atoms with E-state index in [0.717, 1.165) is 5.56 Å². The molecular formula is C13H14N4O3. The van der Waals surface area contributed by atoms with Crippen molar-refractivity contribution in [3.8, 4) is 0 Å². The van der Waals surface area contributed by atoms with Crippen LogP contribution in [0, 0.1) is 10.1 Å². The molecule has 0 spiro atoms. The molecule has 0 atom stereocenters. The molecular weight excluding hydrogens is 260 g/mol. The number of benzene rings is 1. The number of aryl methyl sites for hydroxylation is 1. The lowest BCUT2D eigenvalue weighted by molar-refractivity contribution is -0.384. The average Bonchev–Trinajstić information content (AvgIpc) is 2.44. The zero-order valence-corrected chi connectivity index (χ0v) is 10.9. The van der Waals surface area contributed by atoms with E-state index >= 15 is 0 Å². The predicted octanol–water partition coefficient (Wildman–Crippen LogP) is 1.85. The number of non-ortho nitro benzene ring substituents is 1. The van der Waals surface area contributed by atoms with Crippen molar-refractivity contribution in [2.45, 2.75) is 19.9 Å². The van der Waals surface area contributed by atoms with Gasteiger partial charge in [0.2, 0.25) is 0 Å². The van der Waals surface area contributed by atoms with Gasteiger partial charge in [-0.3, -0.25) is 14.9 Å². The fourth-order valence-electron chi connectivity index (χ4n) is 1.74. The summed E-state index contributed by atoms with van der Waals surface area (Å²) >= 11 is 0. The van der Waals surface area contributed by atoms with E-state index in [1.165, 1.54) is 18.2 Å². The van der Waals surface area contributed by atoms with Gasteiger partial charge >= 0.3 is 0 Å². The Morgan fingerprint density at radius 3 is 2.90 bits per heavy atom. The highest BCUT2D eigenvalue weighted by atomic mass is 16.6. The molecule has 0 radical (unpaired) electrons. The van der Waals surface area contributed by atoms with Crippen LogP contribution in [0.25, 0.3) is 0 Å². The number of H-pyrrole nitrogens is 1. The maximum Gasteiger partial charge on any atom is 0.269 e. The van der Waals surface area contributed by atoms with Gasteiger partial charge in [0.05, 0.1) is 4.92 Å². The van der Waals surface area contributed by atoms with Crippen molar-refractivity contribution in [2.24, 2.45) is 0 Å². The van der Waals surface area contributed by atoms with Crippen LogP contribution in [0.5, 0.6) is 0 Å². The number of hydrogen-bond donors (Lipinski definition) is 2. The molecule has 104 valence electrons. The van der Waals surface area contributed by atoms with Crippen LogP contribution in [0.3, 0.4) is 0 Å². The van der Waals surface area contributed by atoms with Crippen LogP contribution >= 0.6 is 0 Å². The van der Waals surface area contributed by atoms with Crippen molar-refractivity contribution in [3.63, 3.8) is 0 Å². The Labute approximate surface area is 114 Å². The molecule has 0 fully saturated rings. The fourth-order valence-corrected chi connectivity index (χ4v) is 1.74. The molecule has 2 N–H and O–H groups in total. The molecule has 0 saturated carbocycles. The quantitative estimate of drug-likeness (QED) is 0.640. The molecule has 0 unspecified atom stereocenters. The summed E-state index contributed by atoms with van der Waals surface area (Å²) in [4.78, 5) is 28.5. The molecule has 0 amide bonds. The van der Waals surface area contributed by atoms with E-state index in [1.54, 1.807) is 12.1 Å². The van der Waals surface area contributed by atoms with Crippen molar-refractivity contribution in [2.75, 3.05) is 5.32 Å². The molecule has 0 aliphatic carbocycles. The second-order valence-corrected chi connectivity index (χ2v) is 4.21. The molecule has 2 aromatic rings. The van der Waals surface area contributed by atoms with Crippen LogP contribution < -0.4 is 10.9 Å². The van der Waals surface area contributed by atoms with Crippen molar-refractivity contribution >= 4 is 11.5 Å². The molecule has 1 heterocycles. The molecule has 0 saturated heterocycles. The number of aromatic amines is 1. The normalized spacial score (nSPS) is 10.2. The van der Waals surface area contributed by atoms with Gasteiger partial charge in [-0.1, -0.05) is 19.1 Å². The number of nitro groups is 1. The monoisotopic (exact) mass is 274 g/mol. The summed E-state index contributed by atoms with van der Waals surface area (Å²) in [5.41, 5.74) is 0.565. The Bertz CT molecular complexity index is 681. The second-order valence-electron chi connectivity index (χ2n) is 4.21. The van der Waals surface area contributed by atoms with E-state index in [4.69, 9.17) is 0 Å². The van der Waals surface area contributed by atoms with E-state index in [0.29, 0.717) is 24.6 Å². The highest BCUT2D eigenvalue weighted by molar-refractivity contribution is 5.38. The van der Waals surface area contributed by atoms with E-state index in [1.807, 2.05) is 6.92 Å². The van der Waals surface area contributed by atoms with Crippen molar-refractivity contribution in [1.82, 2.24) is 9.97 Å². The van der Waals surface area contributed by atoms with Gasteiger partial charge in [-0.15, -0.1) is 0 Å². The topological polar surface area (TPSA) is 101 Å². The number of nitrogens with one attached hydrogen (secondary N) is 2. The van der Waals surface area contributed by atoms with Crippen LogP contribution in [-0.2, 0) is 13.0 Å². The van der Waals surface area contributed by atoms with Crippen LogP contribution in [0.1, 0.15) is 18.3 Å². The maximum atomic E-state index is 11.4. The highest BCUT2D eigenvalue weighted by Crippen LogP contribution is 2.14. The van der Waals surface area contributed by atoms with Gasteiger partial charge in [0, 0.05) is 31.2 Å². The molecule has 0 aliphatic heterocycles. The third kappa shape index (κ3) is 3.41. The van der Waals surface area contributed by atoms with Crippen molar-refractivity contribution < 1.29 is 4.92 Å². The van der Waals surface area contributed by atoms with E-state index in [9.17, 15) is 14.9 Å². The fraction of sp³-hybridized carbons (Fsp3) is 0.231. The Hall–Kier alpha value is -2.70. The molecule has 0 aliphatic rings. The summed E-state index contributed by atoms with van der Waals surface area (Å²) in [5.74, 6) is 1.05. The first-order valence-electron chi connectivity index (χ1n) is 6.16. The Kier molecular flexibility index (Phi) is 4.09. The van der Waals surface area contributed by atoms with Gasteiger partial charge in [-0.25, -0.2) is 4.98 Å². The largest absolute Gasteiger partial charge is 0.366 e. The molecule has 7 heteroatoms. The summed E-state index contributed by atoms with van der Waals surface area (Å²) in [5, 5.41) is 13.7. The summed E-state index contributed by atoms with van der Waals surface area (Å²) in [7, 11) is 0. The summed E-state index contributed by atoms with van der Waals surface area (Å²) in [6.45, 7) is 2.25. The number of nitro benzene ring substituents is 1. The molecule has 1 aromatic carbocycles. The summed E-state index contributed by atoms with van der Waals surface area (Å²) < 4.78 is 0. The van der Waals surface area contributed by atoms with E-state index in [2.05, 4.69) is 15.3 Å². The Balaban J connectivity index is 2.12. The maximum absolute atomic E-state index is 11.4. The summed E-state index contributed by atoms with van der Waals surface area (Å²) in [6.07, 6.45) is 0.627. The lowest BCUT2D eigenvalue weighted by Gasteiger charge is -2.06. The van der Waals surface area contributed by atoms with Crippen LogP contribution in [0.4, 0.5) is 11.5 Å². The number of aromatic nitrogens is 2. The van der Waals surface area contributed by atoms with Crippen molar-refractivity contribution in [1.29, 1.82) is 0 Å². The lowest BCUT2D eigenvalue weighted by atomic mass is 10.2. The molecule has 20 heavy (non-hydrogen) atoms. The molecule has 2 rings (SSSR count). The number of nitrogens with zero attached hydrogens (tertiary/aromatic N) is 2. The van der Waals surface area contributed by atoms with Gasteiger partial charge in [-0.2, -0.15) is 0 Å². The average molecular weight is 274 g/mol. The zero-order valence-electron chi connectivity index (χ0n) is 10.9. The lowest BCUT2D eigenvalue weighted by Crippen LogP contribution is -2.13. The highest BCUT2D eigenvalue weighted by Gasteiger charge is 2.06. The van der Waals surface area contributed by atoms with Crippen LogP contribution in [0.15, 0.2) is 35.1 Å². The molecule has 7 nitrogen and oxygen atoms in total. The van der Waals surface area contributed by atoms with Gasteiger partial charge in [0.25, 0.3) is 11.2 Å². The molecule has 1 aromatic heterocycles. The number of rotatable bonds is 5. The third-order valence-electron chi connectivity index (χ3n) is 2.72. The number of hydrogen-bond acceptors (Lipinski definition) is 5. The third-order valence-corrected chi connectivity index (χ3v) is 2.72.